The fourth-order valence-electron chi connectivity index (χ4n) is 2.79. The number of sulfonamides is 1. The Labute approximate surface area is 142 Å². The molecule has 1 aromatic heterocycles. The summed E-state index contributed by atoms with van der Waals surface area (Å²) >= 11 is 0. The molecule has 0 amide bonds. The minimum atomic E-state index is -3.55. The molecule has 1 heterocycles. The minimum Gasteiger partial charge on any atom is -0.270 e. The van der Waals surface area contributed by atoms with Crippen LogP contribution in [0, 0.1) is 6.92 Å². The first-order chi connectivity index (χ1) is 11.4. The number of rotatable bonds is 5. The van der Waals surface area contributed by atoms with Crippen LogP contribution in [-0.2, 0) is 23.1 Å². The van der Waals surface area contributed by atoms with Crippen molar-refractivity contribution in [2.24, 2.45) is 0 Å². The first kappa shape index (κ1) is 16.7. The van der Waals surface area contributed by atoms with Gasteiger partial charge in [-0.3, -0.25) is 4.68 Å². The molecule has 0 saturated heterocycles. The predicted molar refractivity (Wildman–Crippen MR) is 95.2 cm³/mol. The van der Waals surface area contributed by atoms with E-state index in [0.29, 0.717) is 11.4 Å². The summed E-state index contributed by atoms with van der Waals surface area (Å²) in [6.07, 6.45) is 1.74. The molecule has 0 saturated carbocycles. The van der Waals surface area contributed by atoms with Gasteiger partial charge in [0.05, 0.1) is 11.1 Å². The summed E-state index contributed by atoms with van der Waals surface area (Å²) < 4.78 is 29.0. The maximum atomic E-state index is 12.9. The molecule has 0 spiro atoms. The van der Waals surface area contributed by atoms with Gasteiger partial charge in [-0.25, -0.2) is 8.42 Å². The van der Waals surface area contributed by atoms with E-state index in [4.69, 9.17) is 0 Å². The monoisotopic (exact) mass is 343 g/mol. The Morgan fingerprint density at radius 3 is 2.50 bits per heavy atom. The van der Waals surface area contributed by atoms with Crippen molar-refractivity contribution < 1.29 is 8.42 Å². The maximum absolute atomic E-state index is 12.9. The van der Waals surface area contributed by atoms with Crippen molar-refractivity contribution in [3.8, 4) is 0 Å². The fourth-order valence-corrected chi connectivity index (χ4v) is 3.98. The van der Waals surface area contributed by atoms with Crippen LogP contribution in [0.15, 0.2) is 53.6 Å². The minimum absolute atomic E-state index is 0.307. The third-order valence-corrected chi connectivity index (χ3v) is 6.13. The number of nitrogens with zero attached hydrogens (tertiary/aromatic N) is 3. The lowest BCUT2D eigenvalue weighted by Crippen LogP contribution is -2.26. The first-order valence-corrected chi connectivity index (χ1v) is 9.34. The number of hydrogen-bond acceptors (Lipinski definition) is 3. The molecule has 0 aliphatic heterocycles. The molecule has 5 nitrogen and oxygen atoms in total. The SMILES string of the molecule is CCn1ncc(CN(C)S(=O)(=O)c2ccc3ccccc3c2)c1C. The quantitative estimate of drug-likeness (QED) is 0.715. The van der Waals surface area contributed by atoms with E-state index in [2.05, 4.69) is 5.10 Å². The Hall–Kier alpha value is -2.18. The number of hydrogen-bond donors (Lipinski definition) is 0. The number of fused-ring (bicyclic) bond motifs is 1. The summed E-state index contributed by atoms with van der Waals surface area (Å²) in [4.78, 5) is 0.309. The van der Waals surface area contributed by atoms with Crippen LogP contribution in [0.4, 0.5) is 0 Å². The van der Waals surface area contributed by atoms with E-state index < -0.39 is 10.0 Å². The van der Waals surface area contributed by atoms with Crippen molar-refractivity contribution in [2.45, 2.75) is 31.8 Å². The Bertz CT molecular complexity index is 977. The molecule has 0 unspecified atom stereocenters. The van der Waals surface area contributed by atoms with Crippen molar-refractivity contribution in [3.05, 3.63) is 59.9 Å². The van der Waals surface area contributed by atoms with Crippen LogP contribution in [0.2, 0.25) is 0 Å². The van der Waals surface area contributed by atoms with Crippen LogP contribution in [0.3, 0.4) is 0 Å². The van der Waals surface area contributed by atoms with E-state index in [-0.39, 0.29) is 0 Å². The van der Waals surface area contributed by atoms with Gasteiger partial charge in [0.1, 0.15) is 0 Å². The van der Waals surface area contributed by atoms with Crippen molar-refractivity contribution >= 4 is 20.8 Å². The van der Waals surface area contributed by atoms with Gasteiger partial charge in [0.15, 0.2) is 0 Å². The first-order valence-electron chi connectivity index (χ1n) is 7.90. The van der Waals surface area contributed by atoms with E-state index in [1.54, 1.807) is 25.4 Å². The summed E-state index contributed by atoms with van der Waals surface area (Å²) in [5, 5.41) is 6.22. The molecular formula is C18H21N3O2S. The zero-order valence-corrected chi connectivity index (χ0v) is 14.9. The normalized spacial score (nSPS) is 12.2. The largest absolute Gasteiger partial charge is 0.270 e. The van der Waals surface area contributed by atoms with E-state index in [1.165, 1.54) is 4.31 Å². The van der Waals surface area contributed by atoms with Crippen molar-refractivity contribution in [1.82, 2.24) is 14.1 Å². The lowest BCUT2D eigenvalue weighted by Gasteiger charge is -2.17. The van der Waals surface area contributed by atoms with Crippen LogP contribution >= 0.6 is 0 Å². The Balaban J connectivity index is 1.91. The average Bonchev–Trinajstić information content (AvgIpc) is 2.94. The molecular weight excluding hydrogens is 322 g/mol. The Kier molecular flexibility index (Phi) is 4.43. The highest BCUT2D eigenvalue weighted by molar-refractivity contribution is 7.89. The summed E-state index contributed by atoms with van der Waals surface area (Å²) in [5.74, 6) is 0. The molecule has 0 bridgehead atoms. The zero-order chi connectivity index (χ0) is 17.3. The number of aromatic nitrogens is 2. The van der Waals surface area contributed by atoms with Gasteiger partial charge in [0, 0.05) is 31.4 Å². The van der Waals surface area contributed by atoms with Gasteiger partial charge in [0.25, 0.3) is 0 Å². The molecule has 6 heteroatoms. The van der Waals surface area contributed by atoms with E-state index >= 15 is 0 Å². The van der Waals surface area contributed by atoms with Gasteiger partial charge in [-0.05, 0) is 36.8 Å². The van der Waals surface area contributed by atoms with Crippen molar-refractivity contribution in [3.63, 3.8) is 0 Å². The summed E-state index contributed by atoms with van der Waals surface area (Å²) in [5.41, 5.74) is 1.92. The van der Waals surface area contributed by atoms with E-state index in [1.807, 2.05) is 48.9 Å². The highest BCUT2D eigenvalue weighted by Gasteiger charge is 2.22. The van der Waals surface area contributed by atoms with Crippen LogP contribution in [0.25, 0.3) is 10.8 Å². The molecule has 0 aliphatic carbocycles. The van der Waals surface area contributed by atoms with Crippen molar-refractivity contribution in [2.75, 3.05) is 7.05 Å². The lowest BCUT2D eigenvalue weighted by molar-refractivity contribution is 0.465. The average molecular weight is 343 g/mol. The topological polar surface area (TPSA) is 55.2 Å². The highest BCUT2D eigenvalue weighted by atomic mass is 32.2. The second-order valence-electron chi connectivity index (χ2n) is 5.84. The van der Waals surface area contributed by atoms with Gasteiger partial charge < -0.3 is 0 Å². The molecule has 0 atom stereocenters. The third-order valence-electron chi connectivity index (χ3n) is 4.33. The van der Waals surface area contributed by atoms with Gasteiger partial charge in [-0.1, -0.05) is 30.3 Å². The van der Waals surface area contributed by atoms with E-state index in [0.717, 1.165) is 28.6 Å². The van der Waals surface area contributed by atoms with Crippen LogP contribution < -0.4 is 0 Å². The molecule has 2 aromatic carbocycles. The van der Waals surface area contributed by atoms with Gasteiger partial charge in [-0.2, -0.15) is 9.40 Å². The lowest BCUT2D eigenvalue weighted by atomic mass is 10.1. The van der Waals surface area contributed by atoms with Crippen molar-refractivity contribution in [1.29, 1.82) is 0 Å². The standard InChI is InChI=1S/C18H21N3O2S/c1-4-21-14(2)17(12-19-21)13-20(3)24(22,23)18-10-9-15-7-5-6-8-16(15)11-18/h5-12H,4,13H2,1-3H3. The summed E-state index contributed by atoms with van der Waals surface area (Å²) in [6.45, 7) is 5.05. The van der Waals surface area contributed by atoms with Gasteiger partial charge >= 0.3 is 0 Å². The molecule has 0 radical (unpaired) electrons. The third kappa shape index (κ3) is 2.95. The smallest absolute Gasteiger partial charge is 0.243 e. The zero-order valence-electron chi connectivity index (χ0n) is 14.1. The molecule has 0 fully saturated rings. The molecule has 126 valence electrons. The molecule has 3 aromatic rings. The van der Waals surface area contributed by atoms with Gasteiger partial charge in [-0.15, -0.1) is 0 Å². The summed E-state index contributed by atoms with van der Waals surface area (Å²) in [6, 6.07) is 13.0. The predicted octanol–water partition coefficient (Wildman–Crippen LogP) is 3.19. The number of benzene rings is 2. The Morgan fingerprint density at radius 2 is 1.83 bits per heavy atom. The fraction of sp³-hybridized carbons (Fsp3) is 0.278. The maximum Gasteiger partial charge on any atom is 0.243 e. The second-order valence-corrected chi connectivity index (χ2v) is 7.89. The summed E-state index contributed by atoms with van der Waals surface area (Å²) in [7, 11) is -1.94. The molecule has 24 heavy (non-hydrogen) atoms. The molecule has 0 aliphatic rings. The second kappa shape index (κ2) is 6.37. The van der Waals surface area contributed by atoms with Crippen LogP contribution in [0.5, 0.6) is 0 Å². The van der Waals surface area contributed by atoms with Crippen LogP contribution in [0.1, 0.15) is 18.2 Å². The van der Waals surface area contributed by atoms with E-state index in [9.17, 15) is 8.42 Å². The molecule has 0 N–H and O–H groups in total. The van der Waals surface area contributed by atoms with Crippen LogP contribution in [-0.4, -0.2) is 29.6 Å². The molecule has 3 rings (SSSR count). The highest BCUT2D eigenvalue weighted by Crippen LogP contribution is 2.22. The van der Waals surface area contributed by atoms with Gasteiger partial charge in [0.2, 0.25) is 10.0 Å². The number of aryl methyl sites for hydroxylation is 1. The Morgan fingerprint density at radius 1 is 1.12 bits per heavy atom.